The average Bonchev–Trinajstić information content (AvgIpc) is 2.99. The molecule has 0 saturated carbocycles. The Labute approximate surface area is 191 Å². The number of likely N-dealkylation sites (tertiary alicyclic amines) is 1. The van der Waals surface area contributed by atoms with E-state index in [0.29, 0.717) is 16.6 Å². The molecule has 0 atom stereocenters. The second-order valence-corrected chi connectivity index (χ2v) is 9.31. The summed E-state index contributed by atoms with van der Waals surface area (Å²) in [6.07, 6.45) is 1.74. The van der Waals surface area contributed by atoms with Crippen LogP contribution in [0.25, 0.3) is 11.0 Å². The Morgan fingerprint density at radius 2 is 1.65 bits per heavy atom. The van der Waals surface area contributed by atoms with Crippen LogP contribution in [0.15, 0.2) is 41.2 Å². The van der Waals surface area contributed by atoms with Gasteiger partial charge >= 0.3 is 5.69 Å². The standard InChI is InChI=1S/C23H27Cl2FN4O/c1-27(2)11-12-29-21-13-19(24)20(25)14-22(21)30(23(29)31)18-7-9-28(10-8-18)15-16-3-5-17(26)6-4-16/h3-6,13-14,18H,7-12,15H2,1-2H3. The zero-order valence-corrected chi connectivity index (χ0v) is 19.3. The highest BCUT2D eigenvalue weighted by Crippen LogP contribution is 2.31. The van der Waals surface area contributed by atoms with E-state index in [1.165, 1.54) is 12.1 Å². The first-order chi connectivity index (χ1) is 14.8. The molecule has 1 aromatic heterocycles. The highest BCUT2D eigenvalue weighted by Gasteiger charge is 2.26. The van der Waals surface area contributed by atoms with Gasteiger partial charge in [0, 0.05) is 38.8 Å². The first-order valence-electron chi connectivity index (χ1n) is 10.5. The maximum Gasteiger partial charge on any atom is 0.329 e. The predicted octanol–water partition coefficient (Wildman–Crippen LogP) is 4.65. The summed E-state index contributed by atoms with van der Waals surface area (Å²) in [6.45, 7) is 3.89. The van der Waals surface area contributed by atoms with Crippen molar-refractivity contribution in [3.63, 3.8) is 0 Å². The minimum atomic E-state index is -0.216. The van der Waals surface area contributed by atoms with Crippen molar-refractivity contribution in [3.8, 4) is 0 Å². The molecule has 0 N–H and O–H groups in total. The molecule has 0 amide bonds. The topological polar surface area (TPSA) is 33.4 Å². The molecule has 2 aromatic carbocycles. The van der Waals surface area contributed by atoms with Crippen LogP contribution in [0.5, 0.6) is 0 Å². The first-order valence-corrected chi connectivity index (χ1v) is 11.3. The van der Waals surface area contributed by atoms with Crippen LogP contribution in [0.1, 0.15) is 24.4 Å². The van der Waals surface area contributed by atoms with Gasteiger partial charge in [-0.15, -0.1) is 0 Å². The van der Waals surface area contributed by atoms with Gasteiger partial charge in [-0.05, 0) is 56.8 Å². The van der Waals surface area contributed by atoms with Crippen LogP contribution in [0, 0.1) is 5.82 Å². The van der Waals surface area contributed by atoms with Gasteiger partial charge in [0.15, 0.2) is 0 Å². The van der Waals surface area contributed by atoms with Crippen LogP contribution >= 0.6 is 23.2 Å². The molecule has 8 heteroatoms. The third kappa shape index (κ3) is 4.82. The van der Waals surface area contributed by atoms with E-state index in [1.807, 2.05) is 41.4 Å². The van der Waals surface area contributed by atoms with Gasteiger partial charge in [-0.1, -0.05) is 35.3 Å². The molecule has 5 nitrogen and oxygen atoms in total. The van der Waals surface area contributed by atoms with Crippen LogP contribution in [-0.2, 0) is 13.1 Å². The molecule has 0 aliphatic carbocycles. The van der Waals surface area contributed by atoms with Gasteiger partial charge in [0.1, 0.15) is 5.82 Å². The maximum atomic E-state index is 13.4. The minimum absolute atomic E-state index is 0.00725. The number of halogens is 3. The summed E-state index contributed by atoms with van der Waals surface area (Å²) in [5, 5.41) is 0.917. The molecular weight excluding hydrogens is 438 g/mol. The number of hydrogen-bond donors (Lipinski definition) is 0. The van der Waals surface area contributed by atoms with Crippen molar-refractivity contribution in [2.45, 2.75) is 32.0 Å². The minimum Gasteiger partial charge on any atom is -0.308 e. The number of piperidine rings is 1. The summed E-state index contributed by atoms with van der Waals surface area (Å²) in [6, 6.07) is 10.4. The highest BCUT2D eigenvalue weighted by atomic mass is 35.5. The van der Waals surface area contributed by atoms with Gasteiger partial charge in [0.25, 0.3) is 0 Å². The van der Waals surface area contributed by atoms with Crippen LogP contribution in [0.3, 0.4) is 0 Å². The fraction of sp³-hybridized carbons (Fsp3) is 0.435. The third-order valence-electron chi connectivity index (χ3n) is 6.02. The van der Waals surface area contributed by atoms with E-state index in [0.717, 1.165) is 55.6 Å². The highest BCUT2D eigenvalue weighted by molar-refractivity contribution is 6.42. The largest absolute Gasteiger partial charge is 0.329 e. The number of fused-ring (bicyclic) bond motifs is 1. The number of benzene rings is 2. The lowest BCUT2D eigenvalue weighted by Crippen LogP contribution is -2.38. The lowest BCUT2D eigenvalue weighted by atomic mass is 10.0. The fourth-order valence-electron chi connectivity index (χ4n) is 4.32. The monoisotopic (exact) mass is 464 g/mol. The number of rotatable bonds is 6. The van der Waals surface area contributed by atoms with Crippen LogP contribution in [-0.4, -0.2) is 52.7 Å². The van der Waals surface area contributed by atoms with Crippen molar-refractivity contribution in [1.29, 1.82) is 0 Å². The molecule has 1 aliphatic heterocycles. The molecule has 3 aromatic rings. The number of nitrogens with zero attached hydrogens (tertiary/aromatic N) is 4. The molecule has 166 valence electrons. The summed E-state index contributed by atoms with van der Waals surface area (Å²) < 4.78 is 16.9. The molecule has 1 fully saturated rings. The van der Waals surface area contributed by atoms with Gasteiger partial charge in [0.05, 0.1) is 21.1 Å². The van der Waals surface area contributed by atoms with Crippen molar-refractivity contribution >= 4 is 34.2 Å². The number of hydrogen-bond acceptors (Lipinski definition) is 3. The first kappa shape index (κ1) is 22.3. The second-order valence-electron chi connectivity index (χ2n) is 8.50. The summed E-state index contributed by atoms with van der Waals surface area (Å²) in [4.78, 5) is 17.8. The molecule has 4 rings (SSSR count). The smallest absolute Gasteiger partial charge is 0.308 e. The van der Waals surface area contributed by atoms with Crippen molar-refractivity contribution in [2.24, 2.45) is 0 Å². The van der Waals surface area contributed by atoms with E-state index in [-0.39, 0.29) is 17.5 Å². The van der Waals surface area contributed by atoms with Crippen LogP contribution in [0.2, 0.25) is 10.0 Å². The maximum absolute atomic E-state index is 13.4. The van der Waals surface area contributed by atoms with Gasteiger partial charge in [0.2, 0.25) is 0 Å². The van der Waals surface area contributed by atoms with E-state index in [1.54, 1.807) is 6.07 Å². The molecule has 0 radical (unpaired) electrons. The normalized spacial score (nSPS) is 15.9. The zero-order valence-electron chi connectivity index (χ0n) is 17.8. The van der Waals surface area contributed by atoms with E-state index in [4.69, 9.17) is 23.2 Å². The fourth-order valence-corrected chi connectivity index (χ4v) is 4.64. The zero-order chi connectivity index (χ0) is 22.1. The van der Waals surface area contributed by atoms with Crippen molar-refractivity contribution < 1.29 is 4.39 Å². The molecular formula is C23H27Cl2FN4O. The molecule has 31 heavy (non-hydrogen) atoms. The molecule has 2 heterocycles. The number of likely N-dealkylation sites (N-methyl/N-ethyl adjacent to an activating group) is 1. The Bertz CT molecular complexity index is 1120. The quantitative estimate of drug-likeness (QED) is 0.532. The van der Waals surface area contributed by atoms with Crippen LogP contribution < -0.4 is 5.69 Å². The van der Waals surface area contributed by atoms with Gasteiger partial charge in [-0.25, -0.2) is 9.18 Å². The summed E-state index contributed by atoms with van der Waals surface area (Å²) in [7, 11) is 3.98. The van der Waals surface area contributed by atoms with E-state index in [9.17, 15) is 9.18 Å². The summed E-state index contributed by atoms with van der Waals surface area (Å²) >= 11 is 12.6. The molecule has 1 aliphatic rings. The van der Waals surface area contributed by atoms with E-state index in [2.05, 4.69) is 9.80 Å². The Morgan fingerprint density at radius 1 is 1.03 bits per heavy atom. The Balaban J connectivity index is 1.58. The number of imidazole rings is 1. The molecule has 0 spiro atoms. The van der Waals surface area contributed by atoms with Crippen molar-refractivity contribution in [1.82, 2.24) is 18.9 Å². The van der Waals surface area contributed by atoms with Gasteiger partial charge in [-0.2, -0.15) is 0 Å². The van der Waals surface area contributed by atoms with Crippen molar-refractivity contribution in [3.05, 3.63) is 68.3 Å². The lowest BCUT2D eigenvalue weighted by Gasteiger charge is -2.32. The third-order valence-corrected chi connectivity index (χ3v) is 6.74. The van der Waals surface area contributed by atoms with Gasteiger partial charge in [-0.3, -0.25) is 14.0 Å². The molecule has 0 bridgehead atoms. The van der Waals surface area contributed by atoms with E-state index < -0.39 is 0 Å². The second kappa shape index (κ2) is 9.33. The molecule has 0 unspecified atom stereocenters. The van der Waals surface area contributed by atoms with Crippen molar-refractivity contribution in [2.75, 3.05) is 33.7 Å². The van der Waals surface area contributed by atoms with Crippen LogP contribution in [0.4, 0.5) is 4.39 Å². The molecule has 1 saturated heterocycles. The Hall–Kier alpha value is -1.86. The number of aromatic nitrogens is 2. The Kier molecular flexibility index (Phi) is 6.72. The Morgan fingerprint density at radius 3 is 2.26 bits per heavy atom. The van der Waals surface area contributed by atoms with Gasteiger partial charge < -0.3 is 4.90 Å². The summed E-state index contributed by atoms with van der Waals surface area (Å²) in [5.41, 5.74) is 2.76. The average molecular weight is 465 g/mol. The SMILES string of the molecule is CN(C)CCn1c(=O)n(C2CCN(Cc3ccc(F)cc3)CC2)c2cc(Cl)c(Cl)cc21. The predicted molar refractivity (Wildman–Crippen MR) is 125 cm³/mol. The summed E-state index contributed by atoms with van der Waals surface area (Å²) in [5.74, 6) is -0.216. The lowest BCUT2D eigenvalue weighted by molar-refractivity contribution is 0.179. The van der Waals surface area contributed by atoms with E-state index >= 15 is 0 Å².